The minimum atomic E-state index is -4.66. The second-order valence-corrected chi connectivity index (χ2v) is 6.48. The van der Waals surface area contributed by atoms with Crippen LogP contribution in [0.1, 0.15) is 52.6 Å². The van der Waals surface area contributed by atoms with Gasteiger partial charge < -0.3 is 5.32 Å². The van der Waals surface area contributed by atoms with Crippen LogP contribution in [0.3, 0.4) is 0 Å². The van der Waals surface area contributed by atoms with Crippen molar-refractivity contribution in [3.63, 3.8) is 0 Å². The summed E-state index contributed by atoms with van der Waals surface area (Å²) in [6, 6.07) is 6.91. The summed E-state index contributed by atoms with van der Waals surface area (Å²) in [5, 5.41) is 5.97. The summed E-state index contributed by atoms with van der Waals surface area (Å²) in [4.78, 5) is 16.7. The second-order valence-electron chi connectivity index (χ2n) is 6.48. The van der Waals surface area contributed by atoms with Gasteiger partial charge in [-0.3, -0.25) is 4.79 Å². The predicted molar refractivity (Wildman–Crippen MR) is 89.3 cm³/mol. The third kappa shape index (κ3) is 3.41. The lowest BCUT2D eigenvalue weighted by Crippen LogP contribution is -2.17. The van der Waals surface area contributed by atoms with Gasteiger partial charge >= 0.3 is 6.18 Å². The number of anilines is 1. The van der Waals surface area contributed by atoms with Gasteiger partial charge in [0, 0.05) is 17.7 Å². The number of fused-ring (bicyclic) bond motifs is 1. The Kier molecular flexibility index (Phi) is 4.28. The van der Waals surface area contributed by atoms with Gasteiger partial charge in [0.15, 0.2) is 11.3 Å². The SMILES string of the molecule is O=C(Nc1ccccc1C(F)(F)F)c1cc2nc(C3CC3)cc(C(F)F)n2n1. The number of nitrogens with zero attached hydrogens (tertiary/aromatic N) is 3. The molecule has 0 unspecified atom stereocenters. The Bertz CT molecular complexity index is 1060. The maximum Gasteiger partial charge on any atom is 0.418 e. The van der Waals surface area contributed by atoms with Crippen molar-refractivity contribution < 1.29 is 26.7 Å². The van der Waals surface area contributed by atoms with Gasteiger partial charge in [-0.2, -0.15) is 18.3 Å². The second kappa shape index (κ2) is 6.54. The number of carbonyl (C=O) groups excluding carboxylic acids is 1. The molecule has 1 amide bonds. The number of aromatic nitrogens is 3. The first-order valence-electron chi connectivity index (χ1n) is 8.40. The van der Waals surface area contributed by atoms with Crippen molar-refractivity contribution in [1.82, 2.24) is 14.6 Å². The lowest BCUT2D eigenvalue weighted by molar-refractivity contribution is -0.136. The number of hydrogen-bond donors (Lipinski definition) is 1. The van der Waals surface area contributed by atoms with Crippen LogP contribution >= 0.6 is 0 Å². The molecule has 2 heterocycles. The monoisotopic (exact) mass is 396 g/mol. The fourth-order valence-corrected chi connectivity index (χ4v) is 2.90. The van der Waals surface area contributed by atoms with E-state index in [0.29, 0.717) is 5.69 Å². The number of para-hydroxylation sites is 1. The molecule has 1 N–H and O–H groups in total. The fourth-order valence-electron chi connectivity index (χ4n) is 2.90. The molecule has 0 spiro atoms. The van der Waals surface area contributed by atoms with Gasteiger partial charge in [-0.25, -0.2) is 18.3 Å². The molecule has 2 aromatic heterocycles. The van der Waals surface area contributed by atoms with Crippen LogP contribution in [0.5, 0.6) is 0 Å². The maximum absolute atomic E-state index is 13.4. The van der Waals surface area contributed by atoms with E-state index in [4.69, 9.17) is 0 Å². The van der Waals surface area contributed by atoms with Crippen LogP contribution in [0.2, 0.25) is 0 Å². The highest BCUT2D eigenvalue weighted by Crippen LogP contribution is 2.40. The Morgan fingerprint density at radius 1 is 1.18 bits per heavy atom. The molecule has 0 saturated heterocycles. The summed E-state index contributed by atoms with van der Waals surface area (Å²) in [5.41, 5.74) is -1.64. The van der Waals surface area contributed by atoms with E-state index in [-0.39, 0.29) is 17.3 Å². The molecule has 0 radical (unpaired) electrons. The van der Waals surface area contributed by atoms with Crippen LogP contribution in [-0.4, -0.2) is 20.5 Å². The van der Waals surface area contributed by atoms with E-state index in [9.17, 15) is 26.7 Å². The Labute approximate surface area is 155 Å². The van der Waals surface area contributed by atoms with Gasteiger partial charge in [-0.15, -0.1) is 0 Å². The minimum Gasteiger partial charge on any atom is -0.320 e. The molecular weight excluding hydrogens is 383 g/mol. The fraction of sp³-hybridized carbons (Fsp3) is 0.278. The molecule has 5 nitrogen and oxygen atoms in total. The first-order chi connectivity index (χ1) is 13.2. The van der Waals surface area contributed by atoms with Crippen LogP contribution in [0.15, 0.2) is 36.4 Å². The first-order valence-corrected chi connectivity index (χ1v) is 8.40. The highest BCUT2D eigenvalue weighted by molar-refractivity contribution is 6.04. The topological polar surface area (TPSA) is 59.3 Å². The zero-order valence-electron chi connectivity index (χ0n) is 14.2. The normalized spacial score (nSPS) is 14.6. The van der Waals surface area contributed by atoms with Crippen molar-refractivity contribution in [2.45, 2.75) is 31.4 Å². The number of hydrogen-bond acceptors (Lipinski definition) is 3. The van der Waals surface area contributed by atoms with Gasteiger partial charge in [0.1, 0.15) is 5.69 Å². The number of benzene rings is 1. The summed E-state index contributed by atoms with van der Waals surface area (Å²) < 4.78 is 66.8. The number of rotatable bonds is 4. The van der Waals surface area contributed by atoms with Gasteiger partial charge in [0.05, 0.1) is 11.3 Å². The number of carbonyl (C=O) groups is 1. The molecule has 3 aromatic rings. The highest BCUT2D eigenvalue weighted by atomic mass is 19.4. The van der Waals surface area contributed by atoms with E-state index in [2.05, 4.69) is 15.4 Å². The summed E-state index contributed by atoms with van der Waals surface area (Å²) in [6.45, 7) is 0. The molecular formula is C18H13F5N4O. The highest BCUT2D eigenvalue weighted by Gasteiger charge is 2.34. The Morgan fingerprint density at radius 3 is 2.54 bits per heavy atom. The van der Waals surface area contributed by atoms with Crippen molar-refractivity contribution in [1.29, 1.82) is 0 Å². The zero-order valence-corrected chi connectivity index (χ0v) is 14.2. The summed E-state index contributed by atoms with van der Waals surface area (Å²) >= 11 is 0. The van der Waals surface area contributed by atoms with Crippen molar-refractivity contribution in [3.8, 4) is 0 Å². The molecule has 0 bridgehead atoms. The van der Waals surface area contributed by atoms with Gasteiger partial charge in [0.2, 0.25) is 0 Å². The largest absolute Gasteiger partial charge is 0.418 e. The summed E-state index contributed by atoms with van der Waals surface area (Å²) in [6.07, 6.45) is -5.81. The molecule has 0 aliphatic heterocycles. The van der Waals surface area contributed by atoms with Gasteiger partial charge in [-0.05, 0) is 31.0 Å². The van der Waals surface area contributed by atoms with Crippen LogP contribution in [-0.2, 0) is 6.18 Å². The van der Waals surface area contributed by atoms with E-state index in [0.717, 1.165) is 29.5 Å². The lowest BCUT2D eigenvalue weighted by Gasteiger charge is -2.12. The molecule has 4 rings (SSSR count). The number of nitrogens with one attached hydrogen (secondary N) is 1. The molecule has 10 heteroatoms. The van der Waals surface area contributed by atoms with E-state index in [1.165, 1.54) is 24.3 Å². The number of amides is 1. The van der Waals surface area contributed by atoms with E-state index in [1.54, 1.807) is 0 Å². The molecule has 28 heavy (non-hydrogen) atoms. The van der Waals surface area contributed by atoms with Crippen LogP contribution in [0.4, 0.5) is 27.6 Å². The molecule has 1 aliphatic carbocycles. The number of alkyl halides is 5. The van der Waals surface area contributed by atoms with Crippen molar-refractivity contribution >= 4 is 17.2 Å². The van der Waals surface area contributed by atoms with Crippen molar-refractivity contribution in [2.24, 2.45) is 0 Å². The average Bonchev–Trinajstić information content (AvgIpc) is 3.39. The van der Waals surface area contributed by atoms with Crippen molar-refractivity contribution in [3.05, 3.63) is 59.0 Å². The van der Waals surface area contributed by atoms with E-state index in [1.807, 2.05) is 0 Å². The first kappa shape index (κ1) is 18.3. The third-order valence-corrected chi connectivity index (χ3v) is 4.41. The Morgan fingerprint density at radius 2 is 1.89 bits per heavy atom. The molecule has 0 atom stereocenters. The molecule has 146 valence electrons. The molecule has 1 aromatic carbocycles. The predicted octanol–water partition coefficient (Wildman–Crippen LogP) is 4.82. The quantitative estimate of drug-likeness (QED) is 0.644. The third-order valence-electron chi connectivity index (χ3n) is 4.41. The molecule has 1 fully saturated rings. The van der Waals surface area contributed by atoms with Gasteiger partial charge in [0.25, 0.3) is 12.3 Å². The number of halogens is 5. The van der Waals surface area contributed by atoms with E-state index < -0.39 is 35.5 Å². The average molecular weight is 396 g/mol. The smallest absolute Gasteiger partial charge is 0.320 e. The zero-order chi connectivity index (χ0) is 20.1. The summed E-state index contributed by atoms with van der Waals surface area (Å²) in [5.74, 6) is -0.844. The van der Waals surface area contributed by atoms with Crippen molar-refractivity contribution in [2.75, 3.05) is 5.32 Å². The Hall–Kier alpha value is -3.04. The van der Waals surface area contributed by atoms with Crippen LogP contribution in [0, 0.1) is 0 Å². The van der Waals surface area contributed by atoms with E-state index >= 15 is 0 Å². The van der Waals surface area contributed by atoms with Crippen LogP contribution in [0.25, 0.3) is 5.65 Å². The Balaban J connectivity index is 1.70. The van der Waals surface area contributed by atoms with Crippen LogP contribution < -0.4 is 5.32 Å². The minimum absolute atomic E-state index is 0.0500. The lowest BCUT2D eigenvalue weighted by atomic mass is 10.1. The molecule has 1 aliphatic rings. The molecule has 1 saturated carbocycles. The summed E-state index contributed by atoms with van der Waals surface area (Å²) in [7, 11) is 0. The maximum atomic E-state index is 13.4. The van der Waals surface area contributed by atoms with Gasteiger partial charge in [-0.1, -0.05) is 12.1 Å². The standard InChI is InChI=1S/C18H13F5N4O/c19-16(20)14-7-12(9-5-6-9)24-15-8-13(26-27(14)15)17(28)25-11-4-2-1-3-10(11)18(21,22)23/h1-4,7-9,16H,5-6H2,(H,25,28).